The van der Waals surface area contributed by atoms with Crippen LogP contribution >= 0.6 is 0 Å². The van der Waals surface area contributed by atoms with Crippen molar-refractivity contribution in [1.29, 1.82) is 0 Å². The zero-order valence-corrected chi connectivity index (χ0v) is 13.6. The zero-order valence-electron chi connectivity index (χ0n) is 13.6. The summed E-state index contributed by atoms with van der Waals surface area (Å²) in [7, 11) is 0. The van der Waals surface area contributed by atoms with Gasteiger partial charge in [0.15, 0.2) is 0 Å². The number of nitrogens with one attached hydrogen (secondary N) is 2. The monoisotopic (exact) mass is 316 g/mol. The fourth-order valence-corrected chi connectivity index (χ4v) is 1.97. The Morgan fingerprint density at radius 3 is 2.52 bits per heavy atom. The third-order valence-electron chi connectivity index (χ3n) is 3.03. The largest absolute Gasteiger partial charge is 0.368 e. The Morgan fingerprint density at radius 1 is 1.17 bits per heavy atom. The number of hydrogen-bond acceptors (Lipinski definition) is 4. The number of amides is 1. The second-order valence-electron chi connectivity index (χ2n) is 6.26. The summed E-state index contributed by atoms with van der Waals surface area (Å²) < 4.78 is 13.5. The van der Waals surface area contributed by atoms with Crippen molar-refractivity contribution in [2.24, 2.45) is 0 Å². The molecular formula is C17H21FN4O. The van der Waals surface area contributed by atoms with E-state index in [1.807, 2.05) is 20.8 Å². The molecule has 2 rings (SSSR count). The third-order valence-corrected chi connectivity index (χ3v) is 3.03. The Morgan fingerprint density at radius 2 is 1.91 bits per heavy atom. The molecule has 0 aliphatic heterocycles. The molecule has 0 bridgehead atoms. The second-order valence-corrected chi connectivity index (χ2v) is 6.26. The van der Waals surface area contributed by atoms with Crippen molar-refractivity contribution in [3.05, 3.63) is 53.7 Å². The average molecular weight is 316 g/mol. The summed E-state index contributed by atoms with van der Waals surface area (Å²) in [5.41, 5.74) is 0.587. The molecular weight excluding hydrogens is 295 g/mol. The minimum absolute atomic E-state index is 0.213. The SMILES string of the molecule is CC(C)(C)NC(=O)c1cnc(NCCc2ccccc2F)cn1. The molecule has 0 aliphatic rings. The summed E-state index contributed by atoms with van der Waals surface area (Å²) in [5.74, 6) is 0.0751. The Hall–Kier alpha value is -2.50. The summed E-state index contributed by atoms with van der Waals surface area (Å²) >= 11 is 0. The molecule has 0 saturated heterocycles. The van der Waals surface area contributed by atoms with Gasteiger partial charge in [0.25, 0.3) is 5.91 Å². The van der Waals surface area contributed by atoms with Crippen LogP contribution in [0.5, 0.6) is 0 Å². The average Bonchev–Trinajstić information content (AvgIpc) is 2.48. The van der Waals surface area contributed by atoms with E-state index in [1.54, 1.807) is 18.2 Å². The highest BCUT2D eigenvalue weighted by molar-refractivity contribution is 5.92. The molecule has 1 aromatic heterocycles. The number of anilines is 1. The Balaban J connectivity index is 1.88. The second kappa shape index (κ2) is 7.17. The molecule has 2 N–H and O–H groups in total. The molecule has 6 heteroatoms. The molecule has 0 fully saturated rings. The normalized spacial score (nSPS) is 11.1. The lowest BCUT2D eigenvalue weighted by Gasteiger charge is -2.19. The van der Waals surface area contributed by atoms with Gasteiger partial charge in [-0.25, -0.2) is 14.4 Å². The summed E-state index contributed by atoms with van der Waals surface area (Å²) in [6.07, 6.45) is 3.46. The quantitative estimate of drug-likeness (QED) is 0.890. The van der Waals surface area contributed by atoms with E-state index in [0.29, 0.717) is 24.3 Å². The van der Waals surface area contributed by atoms with Crippen LogP contribution in [0.4, 0.5) is 10.2 Å². The maximum atomic E-state index is 13.5. The molecule has 1 amide bonds. The lowest BCUT2D eigenvalue weighted by atomic mass is 10.1. The van der Waals surface area contributed by atoms with E-state index in [-0.39, 0.29) is 23.0 Å². The summed E-state index contributed by atoms with van der Waals surface area (Å²) in [5, 5.41) is 5.89. The molecule has 5 nitrogen and oxygen atoms in total. The van der Waals surface area contributed by atoms with Crippen molar-refractivity contribution in [1.82, 2.24) is 15.3 Å². The van der Waals surface area contributed by atoms with Gasteiger partial charge in [0.05, 0.1) is 12.4 Å². The fourth-order valence-electron chi connectivity index (χ4n) is 1.97. The van der Waals surface area contributed by atoms with Gasteiger partial charge in [-0.05, 0) is 38.8 Å². The minimum atomic E-state index is -0.324. The number of aromatic nitrogens is 2. The lowest BCUT2D eigenvalue weighted by molar-refractivity contribution is 0.0914. The van der Waals surface area contributed by atoms with Gasteiger partial charge in [-0.1, -0.05) is 18.2 Å². The lowest BCUT2D eigenvalue weighted by Crippen LogP contribution is -2.41. The van der Waals surface area contributed by atoms with Crippen molar-refractivity contribution in [2.45, 2.75) is 32.7 Å². The van der Waals surface area contributed by atoms with Crippen molar-refractivity contribution >= 4 is 11.7 Å². The molecule has 0 spiro atoms. The van der Waals surface area contributed by atoms with Crippen LogP contribution in [0.1, 0.15) is 36.8 Å². The van der Waals surface area contributed by atoms with Crippen LogP contribution < -0.4 is 10.6 Å². The fraction of sp³-hybridized carbons (Fsp3) is 0.353. The maximum absolute atomic E-state index is 13.5. The van der Waals surface area contributed by atoms with E-state index in [0.717, 1.165) is 0 Å². The standard InChI is InChI=1S/C17H21FN4O/c1-17(2,3)22-16(23)14-10-21-15(11-20-14)19-9-8-12-6-4-5-7-13(12)18/h4-7,10-11H,8-9H2,1-3H3,(H,19,21)(H,22,23). The zero-order chi connectivity index (χ0) is 16.9. The highest BCUT2D eigenvalue weighted by Gasteiger charge is 2.16. The van der Waals surface area contributed by atoms with E-state index in [1.165, 1.54) is 18.5 Å². The number of benzene rings is 1. The number of halogens is 1. The first-order chi connectivity index (χ1) is 10.8. The van der Waals surface area contributed by atoms with Gasteiger partial charge in [0.1, 0.15) is 17.3 Å². The van der Waals surface area contributed by atoms with Crippen LogP contribution in [0.15, 0.2) is 36.7 Å². The predicted molar refractivity (Wildman–Crippen MR) is 87.8 cm³/mol. The van der Waals surface area contributed by atoms with Crippen molar-refractivity contribution in [3.8, 4) is 0 Å². The van der Waals surface area contributed by atoms with Crippen LogP contribution in [0, 0.1) is 5.82 Å². The molecule has 0 aliphatic carbocycles. The highest BCUT2D eigenvalue weighted by atomic mass is 19.1. The Labute approximate surface area is 135 Å². The smallest absolute Gasteiger partial charge is 0.271 e. The first-order valence-corrected chi connectivity index (χ1v) is 7.47. The molecule has 0 atom stereocenters. The molecule has 0 radical (unpaired) electrons. The highest BCUT2D eigenvalue weighted by Crippen LogP contribution is 2.08. The van der Waals surface area contributed by atoms with Crippen LogP contribution in [0.3, 0.4) is 0 Å². The summed E-state index contributed by atoms with van der Waals surface area (Å²) in [6.45, 7) is 6.23. The number of nitrogens with zero attached hydrogens (tertiary/aromatic N) is 2. The van der Waals surface area contributed by atoms with Gasteiger partial charge in [-0.15, -0.1) is 0 Å². The van der Waals surface area contributed by atoms with Gasteiger partial charge >= 0.3 is 0 Å². The van der Waals surface area contributed by atoms with E-state index < -0.39 is 0 Å². The van der Waals surface area contributed by atoms with Crippen molar-refractivity contribution in [3.63, 3.8) is 0 Å². The van der Waals surface area contributed by atoms with Crippen LogP contribution in [0.2, 0.25) is 0 Å². The van der Waals surface area contributed by atoms with Crippen LogP contribution in [0.25, 0.3) is 0 Å². The minimum Gasteiger partial charge on any atom is -0.368 e. The molecule has 2 aromatic rings. The van der Waals surface area contributed by atoms with Crippen LogP contribution in [-0.2, 0) is 6.42 Å². The van der Waals surface area contributed by atoms with Gasteiger partial charge in [0.2, 0.25) is 0 Å². The maximum Gasteiger partial charge on any atom is 0.271 e. The molecule has 122 valence electrons. The van der Waals surface area contributed by atoms with E-state index in [9.17, 15) is 9.18 Å². The van der Waals surface area contributed by atoms with E-state index >= 15 is 0 Å². The van der Waals surface area contributed by atoms with E-state index in [4.69, 9.17) is 0 Å². The molecule has 0 unspecified atom stereocenters. The van der Waals surface area contributed by atoms with Crippen molar-refractivity contribution in [2.75, 3.05) is 11.9 Å². The number of rotatable bonds is 5. The molecule has 23 heavy (non-hydrogen) atoms. The topological polar surface area (TPSA) is 66.9 Å². The number of carbonyl (C=O) groups excluding carboxylic acids is 1. The molecule has 1 heterocycles. The van der Waals surface area contributed by atoms with Gasteiger partial charge < -0.3 is 10.6 Å². The molecule has 0 saturated carbocycles. The van der Waals surface area contributed by atoms with Gasteiger partial charge in [-0.2, -0.15) is 0 Å². The number of hydrogen-bond donors (Lipinski definition) is 2. The Bertz CT molecular complexity index is 665. The van der Waals surface area contributed by atoms with Gasteiger partial charge in [-0.3, -0.25) is 4.79 Å². The summed E-state index contributed by atoms with van der Waals surface area (Å²) in [4.78, 5) is 20.2. The molecule has 1 aromatic carbocycles. The Kier molecular flexibility index (Phi) is 5.26. The van der Waals surface area contributed by atoms with Crippen molar-refractivity contribution < 1.29 is 9.18 Å². The predicted octanol–water partition coefficient (Wildman–Crippen LogP) is 2.80. The first-order valence-electron chi connectivity index (χ1n) is 7.47. The summed E-state index contributed by atoms with van der Waals surface area (Å²) in [6, 6.07) is 6.67. The van der Waals surface area contributed by atoms with E-state index in [2.05, 4.69) is 20.6 Å². The third kappa shape index (κ3) is 5.32. The first kappa shape index (κ1) is 16.9. The van der Waals surface area contributed by atoms with Gasteiger partial charge in [0, 0.05) is 12.1 Å². The van der Waals surface area contributed by atoms with Crippen LogP contribution in [-0.4, -0.2) is 28.0 Å². The number of carbonyl (C=O) groups is 1.